The molecule has 0 unspecified atom stereocenters. The number of hydrogen-bond donors (Lipinski definition) is 0. The second kappa shape index (κ2) is 7.79. The summed E-state index contributed by atoms with van der Waals surface area (Å²) in [6, 6.07) is 27.8. The van der Waals surface area contributed by atoms with Crippen molar-refractivity contribution in [2.75, 3.05) is 0 Å². The van der Waals surface area contributed by atoms with Gasteiger partial charge in [-0.1, -0.05) is 0 Å². The summed E-state index contributed by atoms with van der Waals surface area (Å²) < 4.78 is 3.68. The fourth-order valence-corrected chi connectivity index (χ4v) is 26.3. The van der Waals surface area contributed by atoms with Crippen LogP contribution in [0.5, 0.6) is 0 Å². The van der Waals surface area contributed by atoms with Crippen molar-refractivity contribution in [1.29, 1.82) is 0 Å². The Hall–Kier alpha value is -2.02. The van der Waals surface area contributed by atoms with E-state index in [9.17, 15) is 0 Å². The van der Waals surface area contributed by atoms with Crippen LogP contribution in [0.1, 0.15) is 36.1 Å². The summed E-state index contributed by atoms with van der Waals surface area (Å²) >= 11 is -2.03. The monoisotopic (exact) mass is 507 g/mol. The molecule has 0 radical (unpaired) electrons. The van der Waals surface area contributed by atoms with Crippen LogP contribution in [0.4, 0.5) is 0 Å². The average Bonchev–Trinajstić information content (AvgIpc) is 3.26. The zero-order valence-electron chi connectivity index (χ0n) is 19.4. The zero-order valence-corrected chi connectivity index (χ0v) is 23.0. The standard InChI is InChI=1S/2C14H11.C2H7Si.Zr/c2*1-10-6-13-8-11-4-2-3-5-12(11)9-14(13)7-10;1-3-2;/h2*2-5,8-9H,6H2,1H3;3H,1-2H3;. The fraction of sp³-hybridized carbons (Fsp3) is 0.200. The van der Waals surface area contributed by atoms with E-state index < -0.39 is 26.8 Å². The van der Waals surface area contributed by atoms with E-state index in [1.165, 1.54) is 21.5 Å². The van der Waals surface area contributed by atoms with Gasteiger partial charge in [-0.2, -0.15) is 0 Å². The van der Waals surface area contributed by atoms with Crippen molar-refractivity contribution in [3.63, 3.8) is 0 Å². The van der Waals surface area contributed by atoms with Gasteiger partial charge in [-0.05, 0) is 0 Å². The van der Waals surface area contributed by atoms with E-state index in [2.05, 4.69) is 99.7 Å². The Morgan fingerprint density at radius 2 is 0.969 bits per heavy atom. The van der Waals surface area contributed by atoms with E-state index >= 15 is 0 Å². The van der Waals surface area contributed by atoms with Crippen molar-refractivity contribution < 1.29 is 20.9 Å². The molecule has 0 bridgehead atoms. The molecule has 157 valence electrons. The van der Waals surface area contributed by atoms with Crippen molar-refractivity contribution in [3.8, 4) is 0 Å². The molecule has 4 aromatic rings. The Bertz CT molecular complexity index is 1360. The molecule has 4 aromatic carbocycles. The third-order valence-electron chi connectivity index (χ3n) is 7.36. The summed E-state index contributed by atoms with van der Waals surface area (Å²) in [7, 11) is 0. The van der Waals surface area contributed by atoms with Crippen LogP contribution in [-0.4, -0.2) is 5.92 Å². The Balaban J connectivity index is 1.54. The number of rotatable bonds is 3. The van der Waals surface area contributed by atoms with Crippen LogP contribution in [0.15, 0.2) is 83.9 Å². The van der Waals surface area contributed by atoms with Gasteiger partial charge in [0.1, 0.15) is 0 Å². The quantitative estimate of drug-likeness (QED) is 0.247. The third kappa shape index (κ3) is 3.18. The van der Waals surface area contributed by atoms with Gasteiger partial charge in [-0.25, -0.2) is 0 Å². The van der Waals surface area contributed by atoms with Crippen LogP contribution >= 0.6 is 0 Å². The van der Waals surface area contributed by atoms with Crippen LogP contribution < -0.4 is 0 Å². The Morgan fingerprint density at radius 3 is 1.34 bits per heavy atom. The van der Waals surface area contributed by atoms with Gasteiger partial charge in [0.15, 0.2) is 0 Å². The molecule has 32 heavy (non-hydrogen) atoms. The Labute approximate surface area is 199 Å². The first-order valence-corrected chi connectivity index (χ1v) is 21.4. The SMILES string of the molecule is CC1=[C]([Zr]([C]2=C(C)Cc3cc4ccccc4cc32)[SiH](C)C)c2cc3ccccc3cc2C1. The van der Waals surface area contributed by atoms with E-state index in [0.717, 1.165) is 12.8 Å². The van der Waals surface area contributed by atoms with E-state index in [0.29, 0.717) is 0 Å². The molecule has 2 heteroatoms. The fourth-order valence-electron chi connectivity index (χ4n) is 5.99. The van der Waals surface area contributed by atoms with Gasteiger partial charge < -0.3 is 0 Å². The average molecular weight is 509 g/mol. The zero-order chi connectivity index (χ0) is 22.0. The molecular weight excluding hydrogens is 480 g/mol. The summed E-state index contributed by atoms with van der Waals surface area (Å²) in [5.74, 6) is -0.830. The molecular formula is C30H29SiZr. The molecule has 0 heterocycles. The van der Waals surface area contributed by atoms with Gasteiger partial charge in [0, 0.05) is 0 Å². The second-order valence-corrected chi connectivity index (χ2v) is 28.7. The first kappa shape index (κ1) is 20.6. The van der Waals surface area contributed by atoms with Gasteiger partial charge in [0.25, 0.3) is 0 Å². The second-order valence-electron chi connectivity index (χ2n) is 9.95. The number of hydrogen-bond acceptors (Lipinski definition) is 0. The van der Waals surface area contributed by atoms with Crippen LogP contribution in [-0.2, 0) is 33.8 Å². The molecule has 0 fully saturated rings. The molecule has 0 N–H and O–H groups in total. The number of allylic oxidation sites excluding steroid dienone is 2. The van der Waals surface area contributed by atoms with Gasteiger partial charge in [-0.3, -0.25) is 0 Å². The molecule has 0 atom stereocenters. The predicted molar refractivity (Wildman–Crippen MR) is 139 cm³/mol. The minimum atomic E-state index is -2.03. The van der Waals surface area contributed by atoms with E-state index in [4.69, 9.17) is 0 Å². The van der Waals surface area contributed by atoms with Crippen molar-refractivity contribution in [3.05, 3.63) is 106 Å². The topological polar surface area (TPSA) is 0 Å². The first-order valence-electron chi connectivity index (χ1n) is 11.8. The molecule has 2 aliphatic rings. The van der Waals surface area contributed by atoms with Gasteiger partial charge >= 0.3 is 201 Å². The van der Waals surface area contributed by atoms with Crippen molar-refractivity contribution >= 4 is 34.0 Å². The molecule has 2 aliphatic carbocycles. The Kier molecular flexibility index (Phi) is 5.01. The maximum absolute atomic E-state index is 2.63. The van der Waals surface area contributed by atoms with E-state index in [1.807, 2.05) is 6.56 Å². The number of benzene rings is 4. The third-order valence-corrected chi connectivity index (χ3v) is 26.5. The molecule has 0 saturated carbocycles. The van der Waals surface area contributed by atoms with Crippen LogP contribution in [0.25, 0.3) is 28.1 Å². The van der Waals surface area contributed by atoms with Crippen molar-refractivity contribution in [1.82, 2.24) is 0 Å². The minimum absolute atomic E-state index is 0.830. The molecule has 0 nitrogen and oxygen atoms in total. The first-order chi connectivity index (χ1) is 15.5. The van der Waals surface area contributed by atoms with Crippen molar-refractivity contribution in [2.24, 2.45) is 0 Å². The normalized spacial score (nSPS) is 15.3. The summed E-state index contributed by atoms with van der Waals surface area (Å²) in [4.78, 5) is 0. The van der Waals surface area contributed by atoms with Crippen LogP contribution in [0.3, 0.4) is 0 Å². The molecule has 0 aromatic heterocycles. The van der Waals surface area contributed by atoms with E-state index in [1.54, 1.807) is 33.4 Å². The maximum atomic E-state index is 2.63. The van der Waals surface area contributed by atoms with Gasteiger partial charge in [0.05, 0.1) is 0 Å². The summed E-state index contributed by atoms with van der Waals surface area (Å²) in [5.41, 5.74) is 9.68. The molecule has 0 spiro atoms. The predicted octanol–water partition coefficient (Wildman–Crippen LogP) is 7.87. The molecule has 0 saturated heterocycles. The molecule has 6 rings (SSSR count). The summed E-state index contributed by atoms with van der Waals surface area (Å²) in [6.07, 6.45) is 2.30. The van der Waals surface area contributed by atoms with Crippen LogP contribution in [0, 0.1) is 0 Å². The summed E-state index contributed by atoms with van der Waals surface area (Å²) in [6.45, 7) is 10.1. The van der Waals surface area contributed by atoms with Gasteiger partial charge in [-0.15, -0.1) is 0 Å². The van der Waals surface area contributed by atoms with Crippen molar-refractivity contribution in [2.45, 2.75) is 39.8 Å². The molecule has 0 amide bonds. The number of fused-ring (bicyclic) bond motifs is 4. The van der Waals surface area contributed by atoms with Gasteiger partial charge in [0.2, 0.25) is 0 Å². The van der Waals surface area contributed by atoms with E-state index in [-0.39, 0.29) is 0 Å². The Morgan fingerprint density at radius 1 is 0.594 bits per heavy atom. The summed E-state index contributed by atoms with van der Waals surface area (Å²) in [5, 5.41) is 5.57. The molecule has 0 aliphatic heterocycles. The van der Waals surface area contributed by atoms with Crippen LogP contribution in [0.2, 0.25) is 13.1 Å².